The molecule has 1 fully saturated rings. The molecular formula is C32H37FN2O2. The minimum Gasteiger partial charge on any atom is -0.331 e. The molecule has 0 spiro atoms. The van der Waals surface area contributed by atoms with Crippen molar-refractivity contribution in [1.29, 1.82) is 0 Å². The molecule has 4 nitrogen and oxygen atoms in total. The largest absolute Gasteiger partial charge is 0.331 e. The van der Waals surface area contributed by atoms with Crippen LogP contribution >= 0.6 is 0 Å². The Morgan fingerprint density at radius 1 is 0.919 bits per heavy atom. The summed E-state index contributed by atoms with van der Waals surface area (Å²) in [5, 5.41) is 3.10. The molecule has 2 amide bonds. The van der Waals surface area contributed by atoms with Gasteiger partial charge in [-0.25, -0.2) is 4.39 Å². The van der Waals surface area contributed by atoms with Gasteiger partial charge in [-0.1, -0.05) is 63.2 Å². The molecule has 1 saturated heterocycles. The van der Waals surface area contributed by atoms with E-state index < -0.39 is 12.0 Å². The quantitative estimate of drug-likeness (QED) is 0.409. The summed E-state index contributed by atoms with van der Waals surface area (Å²) in [6.45, 7) is 12.5. The Hall–Kier alpha value is -3.47. The predicted molar refractivity (Wildman–Crippen MR) is 147 cm³/mol. The van der Waals surface area contributed by atoms with Gasteiger partial charge in [0.2, 0.25) is 5.91 Å². The lowest BCUT2D eigenvalue weighted by Gasteiger charge is -2.41. The van der Waals surface area contributed by atoms with Gasteiger partial charge in [0.05, 0.1) is 12.0 Å². The van der Waals surface area contributed by atoms with E-state index in [0.717, 1.165) is 22.4 Å². The first-order valence-electron chi connectivity index (χ1n) is 13.0. The van der Waals surface area contributed by atoms with Gasteiger partial charge in [-0.2, -0.15) is 0 Å². The topological polar surface area (TPSA) is 49.4 Å². The summed E-state index contributed by atoms with van der Waals surface area (Å²) in [5.41, 5.74) is 5.41. The van der Waals surface area contributed by atoms with Crippen LogP contribution in [0.3, 0.4) is 0 Å². The number of carbonyl (C=O) groups is 2. The first-order chi connectivity index (χ1) is 17.5. The van der Waals surface area contributed by atoms with Crippen molar-refractivity contribution in [2.75, 3.05) is 11.9 Å². The molecule has 3 aromatic carbocycles. The van der Waals surface area contributed by atoms with Crippen LogP contribution in [-0.2, 0) is 10.2 Å². The molecule has 0 aliphatic carbocycles. The van der Waals surface area contributed by atoms with E-state index in [1.165, 1.54) is 6.07 Å². The Kier molecular flexibility index (Phi) is 7.54. The summed E-state index contributed by atoms with van der Waals surface area (Å²) < 4.78 is 14.7. The monoisotopic (exact) mass is 500 g/mol. The summed E-state index contributed by atoms with van der Waals surface area (Å²) in [4.78, 5) is 29.5. The highest BCUT2D eigenvalue weighted by atomic mass is 19.1. The second-order valence-electron chi connectivity index (χ2n) is 11.3. The average molecular weight is 501 g/mol. The van der Waals surface area contributed by atoms with Crippen LogP contribution in [0.5, 0.6) is 0 Å². The minimum atomic E-state index is -0.568. The van der Waals surface area contributed by atoms with Crippen LogP contribution in [0.2, 0.25) is 0 Å². The highest BCUT2D eigenvalue weighted by Gasteiger charge is 2.40. The van der Waals surface area contributed by atoms with Gasteiger partial charge in [-0.3, -0.25) is 9.59 Å². The van der Waals surface area contributed by atoms with Crippen LogP contribution in [0.25, 0.3) is 0 Å². The molecule has 0 aromatic heterocycles. The van der Waals surface area contributed by atoms with Crippen LogP contribution in [0.15, 0.2) is 60.7 Å². The molecule has 194 valence electrons. The van der Waals surface area contributed by atoms with Crippen molar-refractivity contribution in [2.24, 2.45) is 5.92 Å². The Morgan fingerprint density at radius 3 is 2.24 bits per heavy atom. The van der Waals surface area contributed by atoms with E-state index in [2.05, 4.69) is 32.2 Å². The summed E-state index contributed by atoms with van der Waals surface area (Å²) in [7, 11) is 0. The van der Waals surface area contributed by atoms with Crippen molar-refractivity contribution < 1.29 is 14.0 Å². The van der Waals surface area contributed by atoms with Crippen molar-refractivity contribution in [3.63, 3.8) is 0 Å². The van der Waals surface area contributed by atoms with Gasteiger partial charge in [-0.15, -0.1) is 0 Å². The molecule has 3 aromatic rings. The van der Waals surface area contributed by atoms with Crippen molar-refractivity contribution in [3.05, 3.63) is 99.9 Å². The lowest BCUT2D eigenvalue weighted by atomic mass is 9.82. The van der Waals surface area contributed by atoms with Gasteiger partial charge in [-0.05, 0) is 85.0 Å². The number of hydrogen-bond acceptors (Lipinski definition) is 2. The SMILES string of the molecule is Cc1ccc(C2C(C(=O)Nc3cccc(C(C)(C)C)c3)CCCN2C(=O)c2c(C)cccc2C)cc1F. The molecular weight excluding hydrogens is 463 g/mol. The fourth-order valence-corrected chi connectivity index (χ4v) is 5.30. The van der Waals surface area contributed by atoms with Gasteiger partial charge >= 0.3 is 0 Å². The lowest BCUT2D eigenvalue weighted by molar-refractivity contribution is -0.123. The normalized spacial score (nSPS) is 18.0. The number of aryl methyl sites for hydroxylation is 3. The molecule has 2 atom stereocenters. The molecule has 5 heteroatoms. The molecule has 1 aliphatic heterocycles. The molecule has 0 bridgehead atoms. The second-order valence-corrected chi connectivity index (χ2v) is 11.3. The van der Waals surface area contributed by atoms with Crippen LogP contribution in [-0.4, -0.2) is 23.3 Å². The Morgan fingerprint density at radius 2 is 1.59 bits per heavy atom. The number of benzene rings is 3. The van der Waals surface area contributed by atoms with Crippen molar-refractivity contribution in [2.45, 2.75) is 65.8 Å². The summed E-state index contributed by atoms with van der Waals surface area (Å²) in [5.74, 6) is -1.12. The average Bonchev–Trinajstić information content (AvgIpc) is 2.84. The number of nitrogens with zero attached hydrogens (tertiary/aromatic N) is 1. The van der Waals surface area contributed by atoms with Gasteiger partial charge in [0, 0.05) is 17.8 Å². The highest BCUT2D eigenvalue weighted by Crippen LogP contribution is 2.39. The van der Waals surface area contributed by atoms with Crippen LogP contribution < -0.4 is 5.32 Å². The van der Waals surface area contributed by atoms with E-state index in [1.807, 2.05) is 56.3 Å². The fourth-order valence-electron chi connectivity index (χ4n) is 5.30. The number of likely N-dealkylation sites (tertiary alicyclic amines) is 1. The molecule has 0 radical (unpaired) electrons. The number of halogens is 1. The zero-order valence-corrected chi connectivity index (χ0v) is 22.7. The van der Waals surface area contributed by atoms with Crippen molar-refractivity contribution in [3.8, 4) is 0 Å². The number of carbonyl (C=O) groups excluding carboxylic acids is 2. The fraction of sp³-hybridized carbons (Fsp3) is 0.375. The van der Waals surface area contributed by atoms with E-state index in [0.29, 0.717) is 36.1 Å². The number of hydrogen-bond donors (Lipinski definition) is 1. The van der Waals surface area contributed by atoms with E-state index in [-0.39, 0.29) is 23.0 Å². The molecule has 1 N–H and O–H groups in total. The van der Waals surface area contributed by atoms with Crippen molar-refractivity contribution >= 4 is 17.5 Å². The van der Waals surface area contributed by atoms with E-state index in [1.54, 1.807) is 17.9 Å². The minimum absolute atomic E-state index is 0.0534. The van der Waals surface area contributed by atoms with Gasteiger partial charge in [0.25, 0.3) is 5.91 Å². The molecule has 37 heavy (non-hydrogen) atoms. The molecule has 4 rings (SSSR count). The maximum Gasteiger partial charge on any atom is 0.254 e. The third-order valence-corrected chi connectivity index (χ3v) is 7.46. The predicted octanol–water partition coefficient (Wildman–Crippen LogP) is 7.28. The number of piperidine rings is 1. The van der Waals surface area contributed by atoms with Crippen LogP contribution in [0.1, 0.15) is 77.8 Å². The molecule has 1 aliphatic rings. The van der Waals surface area contributed by atoms with Gasteiger partial charge in [0.1, 0.15) is 5.82 Å². The number of amides is 2. The zero-order valence-electron chi connectivity index (χ0n) is 22.7. The third kappa shape index (κ3) is 5.61. The maximum absolute atomic E-state index is 14.7. The summed E-state index contributed by atoms with van der Waals surface area (Å²) in [6.07, 6.45) is 1.31. The van der Waals surface area contributed by atoms with Gasteiger partial charge in [0.15, 0.2) is 0 Å². The standard InChI is InChI=1S/C32H37FN2O2/c1-20-15-16-23(18-27(20)33)29-26(30(36)34-25-13-8-12-24(19-25)32(4,5)6)14-9-17-35(29)31(37)28-21(2)10-7-11-22(28)3/h7-8,10-13,15-16,18-19,26,29H,9,14,17H2,1-6H3,(H,34,36). The van der Waals surface area contributed by atoms with Crippen molar-refractivity contribution in [1.82, 2.24) is 4.90 Å². The van der Waals surface area contributed by atoms with E-state index >= 15 is 0 Å². The summed E-state index contributed by atoms with van der Waals surface area (Å²) in [6, 6.07) is 18.2. The maximum atomic E-state index is 14.7. The lowest BCUT2D eigenvalue weighted by Crippen LogP contribution is -2.46. The molecule has 0 saturated carbocycles. The smallest absolute Gasteiger partial charge is 0.254 e. The first kappa shape index (κ1) is 26.6. The molecule has 1 heterocycles. The zero-order chi connectivity index (χ0) is 26.9. The molecule has 2 unspecified atom stereocenters. The Bertz CT molecular complexity index is 1300. The Balaban J connectivity index is 1.73. The van der Waals surface area contributed by atoms with E-state index in [4.69, 9.17) is 0 Å². The van der Waals surface area contributed by atoms with Gasteiger partial charge < -0.3 is 10.2 Å². The number of rotatable bonds is 4. The number of nitrogens with one attached hydrogen (secondary N) is 1. The number of anilines is 1. The Labute approximate surface area is 219 Å². The first-order valence-corrected chi connectivity index (χ1v) is 13.0. The third-order valence-electron chi connectivity index (χ3n) is 7.46. The summed E-state index contributed by atoms with van der Waals surface area (Å²) >= 11 is 0. The van der Waals surface area contributed by atoms with Crippen LogP contribution in [0.4, 0.5) is 10.1 Å². The second kappa shape index (κ2) is 10.5. The van der Waals surface area contributed by atoms with E-state index in [9.17, 15) is 14.0 Å². The highest BCUT2D eigenvalue weighted by molar-refractivity contribution is 5.99. The van der Waals surface area contributed by atoms with Crippen LogP contribution in [0, 0.1) is 32.5 Å².